The highest BCUT2D eigenvalue weighted by atomic mass is 16.5. The van der Waals surface area contributed by atoms with Crippen LogP contribution >= 0.6 is 0 Å². The Morgan fingerprint density at radius 1 is 1.29 bits per heavy atom. The third-order valence-electron chi connectivity index (χ3n) is 1.55. The summed E-state index contributed by atoms with van der Waals surface area (Å²) in [5.74, 6) is -0.466. The summed E-state index contributed by atoms with van der Waals surface area (Å²) in [6.45, 7) is 1.56. The number of aldehydes is 1. The molecule has 3 heteroatoms. The van der Waals surface area contributed by atoms with Crippen molar-refractivity contribution in [1.29, 1.82) is 0 Å². The summed E-state index contributed by atoms with van der Waals surface area (Å²) in [5.41, 5.74) is 0.830. The van der Waals surface area contributed by atoms with Crippen LogP contribution in [0.5, 0.6) is 0 Å². The first-order chi connectivity index (χ1) is 6.74. The largest absolute Gasteiger partial charge is 0.430 e. The van der Waals surface area contributed by atoms with E-state index in [9.17, 15) is 9.59 Å². The van der Waals surface area contributed by atoms with Crippen molar-refractivity contribution in [3.63, 3.8) is 0 Å². The summed E-state index contributed by atoms with van der Waals surface area (Å²) in [6.07, 6.45) is 1.76. The zero-order chi connectivity index (χ0) is 10.4. The van der Waals surface area contributed by atoms with Gasteiger partial charge in [0.25, 0.3) is 0 Å². The molecule has 0 saturated heterocycles. The van der Waals surface area contributed by atoms with E-state index in [0.29, 0.717) is 17.4 Å². The molecule has 0 amide bonds. The summed E-state index contributed by atoms with van der Waals surface area (Å²) in [5, 5.41) is 0. The predicted octanol–water partition coefficient (Wildman–Crippen LogP) is 1.95. The van der Waals surface area contributed by atoms with E-state index in [1.54, 1.807) is 31.2 Å². The van der Waals surface area contributed by atoms with Crippen LogP contribution in [0.2, 0.25) is 0 Å². The van der Waals surface area contributed by atoms with Gasteiger partial charge in [-0.05, 0) is 19.1 Å². The minimum absolute atomic E-state index is 0.370. The van der Waals surface area contributed by atoms with Crippen LogP contribution < -0.4 is 0 Å². The molecule has 0 aliphatic carbocycles. The molecule has 0 aliphatic rings. The molecular weight excluding hydrogens is 180 g/mol. The maximum absolute atomic E-state index is 11.3. The molecule has 14 heavy (non-hydrogen) atoms. The molecule has 0 unspecified atom stereocenters. The summed E-state index contributed by atoms with van der Waals surface area (Å²) < 4.78 is 4.75. The number of carbonyl (C=O) groups excluding carboxylic acids is 2. The zero-order valence-corrected chi connectivity index (χ0v) is 7.77. The van der Waals surface area contributed by atoms with E-state index in [1.807, 2.05) is 6.07 Å². The summed E-state index contributed by atoms with van der Waals surface area (Å²) in [4.78, 5) is 21.5. The fourth-order valence-electron chi connectivity index (χ4n) is 0.817. The Labute approximate surface area is 82.0 Å². The topological polar surface area (TPSA) is 43.4 Å². The number of rotatable bonds is 3. The van der Waals surface area contributed by atoms with Crippen LogP contribution in [-0.4, -0.2) is 12.3 Å². The van der Waals surface area contributed by atoms with Gasteiger partial charge in [-0.1, -0.05) is 18.2 Å². The Bertz CT molecular complexity index is 352. The minimum Gasteiger partial charge on any atom is -0.430 e. The lowest BCUT2D eigenvalue weighted by Crippen LogP contribution is -2.00. The summed E-state index contributed by atoms with van der Waals surface area (Å²) in [7, 11) is 0. The Hall–Kier alpha value is -1.90. The molecule has 0 bridgehead atoms. The van der Waals surface area contributed by atoms with Crippen molar-refractivity contribution in [2.45, 2.75) is 6.92 Å². The normalized spacial score (nSPS) is 10.8. The maximum Gasteiger partial charge on any atom is 0.342 e. The van der Waals surface area contributed by atoms with Gasteiger partial charge in [0, 0.05) is 5.57 Å². The van der Waals surface area contributed by atoms with Gasteiger partial charge in [-0.3, -0.25) is 4.79 Å². The summed E-state index contributed by atoms with van der Waals surface area (Å²) >= 11 is 0. The monoisotopic (exact) mass is 190 g/mol. The van der Waals surface area contributed by atoms with Gasteiger partial charge in [0.2, 0.25) is 0 Å². The van der Waals surface area contributed by atoms with Crippen molar-refractivity contribution in [2.75, 3.05) is 0 Å². The van der Waals surface area contributed by atoms with E-state index in [4.69, 9.17) is 4.74 Å². The van der Waals surface area contributed by atoms with Crippen LogP contribution in [0.15, 0.2) is 42.2 Å². The van der Waals surface area contributed by atoms with Crippen molar-refractivity contribution in [2.24, 2.45) is 0 Å². The fraction of sp³-hybridized carbons (Fsp3) is 0.0909. The Morgan fingerprint density at radius 2 is 1.93 bits per heavy atom. The molecule has 0 radical (unpaired) electrons. The molecule has 0 spiro atoms. The predicted molar refractivity (Wildman–Crippen MR) is 51.7 cm³/mol. The van der Waals surface area contributed by atoms with E-state index in [2.05, 4.69) is 0 Å². The van der Waals surface area contributed by atoms with Crippen LogP contribution in [0.1, 0.15) is 17.3 Å². The maximum atomic E-state index is 11.3. The molecule has 0 N–H and O–H groups in total. The van der Waals surface area contributed by atoms with Gasteiger partial charge in [0.1, 0.15) is 12.5 Å². The van der Waals surface area contributed by atoms with Crippen molar-refractivity contribution in [1.82, 2.24) is 0 Å². The highest BCUT2D eigenvalue weighted by Gasteiger charge is 2.03. The first-order valence-electron chi connectivity index (χ1n) is 4.12. The molecule has 1 rings (SSSR count). The Morgan fingerprint density at radius 3 is 2.50 bits per heavy atom. The third kappa shape index (κ3) is 2.86. The number of ether oxygens (including phenoxy) is 1. The third-order valence-corrected chi connectivity index (χ3v) is 1.55. The second-order valence-electron chi connectivity index (χ2n) is 2.75. The van der Waals surface area contributed by atoms with Gasteiger partial charge >= 0.3 is 5.97 Å². The molecular formula is C11H10O3. The number of esters is 1. The van der Waals surface area contributed by atoms with Crippen LogP contribution in [0.3, 0.4) is 0 Å². The van der Waals surface area contributed by atoms with E-state index in [-0.39, 0.29) is 0 Å². The Balaban J connectivity index is 2.65. The average molecular weight is 190 g/mol. The van der Waals surface area contributed by atoms with Crippen LogP contribution in [-0.2, 0) is 9.53 Å². The van der Waals surface area contributed by atoms with Crippen LogP contribution in [0, 0.1) is 0 Å². The number of hydrogen-bond acceptors (Lipinski definition) is 3. The lowest BCUT2D eigenvalue weighted by atomic mass is 10.2. The van der Waals surface area contributed by atoms with Gasteiger partial charge in [0.05, 0.1) is 5.56 Å². The van der Waals surface area contributed by atoms with E-state index in [0.717, 1.165) is 6.26 Å². The molecule has 1 aromatic rings. The van der Waals surface area contributed by atoms with Crippen LogP contribution in [0.25, 0.3) is 0 Å². The SMILES string of the molecule is CC(C=O)=COC(=O)c1ccccc1. The highest BCUT2D eigenvalue weighted by molar-refractivity contribution is 5.90. The molecule has 0 atom stereocenters. The van der Waals surface area contributed by atoms with Gasteiger partial charge in [-0.25, -0.2) is 4.79 Å². The van der Waals surface area contributed by atoms with Gasteiger partial charge < -0.3 is 4.74 Å². The van der Waals surface area contributed by atoms with Crippen molar-refractivity contribution in [3.05, 3.63) is 47.7 Å². The van der Waals surface area contributed by atoms with Crippen molar-refractivity contribution < 1.29 is 14.3 Å². The lowest BCUT2D eigenvalue weighted by molar-refractivity contribution is -0.104. The molecule has 0 fully saturated rings. The molecule has 1 aromatic carbocycles. The van der Waals surface area contributed by atoms with E-state index < -0.39 is 5.97 Å². The second kappa shape index (κ2) is 4.97. The molecule has 72 valence electrons. The first kappa shape index (κ1) is 10.2. The van der Waals surface area contributed by atoms with Gasteiger partial charge in [-0.2, -0.15) is 0 Å². The van der Waals surface area contributed by atoms with Gasteiger partial charge in [-0.15, -0.1) is 0 Å². The number of carbonyl (C=O) groups is 2. The molecule has 0 aromatic heterocycles. The quantitative estimate of drug-likeness (QED) is 0.316. The summed E-state index contributed by atoms with van der Waals surface area (Å²) in [6, 6.07) is 8.59. The first-order valence-corrected chi connectivity index (χ1v) is 4.12. The van der Waals surface area contributed by atoms with Gasteiger partial charge in [0.15, 0.2) is 0 Å². The standard InChI is InChI=1S/C11H10O3/c1-9(7-12)8-14-11(13)10-5-3-2-4-6-10/h2-8H,1H3. The second-order valence-corrected chi connectivity index (χ2v) is 2.75. The number of hydrogen-bond donors (Lipinski definition) is 0. The molecule has 0 aliphatic heterocycles. The number of benzene rings is 1. The smallest absolute Gasteiger partial charge is 0.342 e. The molecule has 3 nitrogen and oxygen atoms in total. The van der Waals surface area contributed by atoms with Crippen LogP contribution in [0.4, 0.5) is 0 Å². The van der Waals surface area contributed by atoms with Crippen molar-refractivity contribution in [3.8, 4) is 0 Å². The van der Waals surface area contributed by atoms with E-state index in [1.165, 1.54) is 0 Å². The minimum atomic E-state index is -0.466. The lowest BCUT2D eigenvalue weighted by Gasteiger charge is -1.98. The zero-order valence-electron chi connectivity index (χ0n) is 7.77. The molecule has 0 heterocycles. The van der Waals surface area contributed by atoms with E-state index >= 15 is 0 Å². The fourth-order valence-corrected chi connectivity index (χ4v) is 0.817. The number of allylic oxidation sites excluding steroid dienone is 1. The molecule has 0 saturated carbocycles. The highest BCUT2D eigenvalue weighted by Crippen LogP contribution is 2.01. The van der Waals surface area contributed by atoms with Crippen molar-refractivity contribution >= 4 is 12.3 Å². The average Bonchev–Trinajstić information content (AvgIpc) is 2.26. The Kier molecular flexibility index (Phi) is 3.61.